The van der Waals surface area contributed by atoms with Crippen LogP contribution in [0.25, 0.3) is 0 Å². The highest BCUT2D eigenvalue weighted by molar-refractivity contribution is 9.10. The van der Waals surface area contributed by atoms with Crippen molar-refractivity contribution in [2.24, 2.45) is 0 Å². The van der Waals surface area contributed by atoms with Gasteiger partial charge in [0, 0.05) is 25.5 Å². The molecule has 2 aromatic rings. The predicted molar refractivity (Wildman–Crippen MR) is 72.9 cm³/mol. The second-order valence-electron chi connectivity index (χ2n) is 3.90. The standard InChI is InChI=1S/C11H10Br2N4/c12-8-5-14-2-1-9(8)16-3-4-17-10(13)6-15-11(17)7-16/h1-2,5-6H,3-4,7H2. The highest BCUT2D eigenvalue weighted by Crippen LogP contribution is 2.28. The molecule has 0 aromatic carbocycles. The second kappa shape index (κ2) is 4.42. The topological polar surface area (TPSA) is 34.0 Å². The van der Waals surface area contributed by atoms with E-state index >= 15 is 0 Å². The Labute approximate surface area is 116 Å². The third-order valence-electron chi connectivity index (χ3n) is 2.91. The van der Waals surface area contributed by atoms with E-state index < -0.39 is 0 Å². The molecule has 3 heterocycles. The van der Waals surface area contributed by atoms with Crippen molar-refractivity contribution in [2.75, 3.05) is 11.4 Å². The van der Waals surface area contributed by atoms with Gasteiger partial charge in [-0.05, 0) is 37.9 Å². The number of anilines is 1. The molecule has 2 aromatic heterocycles. The van der Waals surface area contributed by atoms with E-state index in [1.807, 2.05) is 24.7 Å². The Morgan fingerprint density at radius 2 is 2.06 bits per heavy atom. The molecule has 0 bridgehead atoms. The lowest BCUT2D eigenvalue weighted by Crippen LogP contribution is -2.34. The molecule has 0 spiro atoms. The van der Waals surface area contributed by atoms with Crippen molar-refractivity contribution in [3.05, 3.63) is 39.6 Å². The van der Waals surface area contributed by atoms with E-state index in [1.165, 1.54) is 5.69 Å². The van der Waals surface area contributed by atoms with E-state index in [9.17, 15) is 0 Å². The van der Waals surface area contributed by atoms with Crippen LogP contribution >= 0.6 is 31.9 Å². The van der Waals surface area contributed by atoms with Gasteiger partial charge in [0.15, 0.2) is 0 Å². The molecule has 3 rings (SSSR count). The molecule has 17 heavy (non-hydrogen) atoms. The van der Waals surface area contributed by atoms with Crippen LogP contribution in [0.3, 0.4) is 0 Å². The molecular weight excluding hydrogens is 348 g/mol. The van der Waals surface area contributed by atoms with Gasteiger partial charge in [-0.2, -0.15) is 0 Å². The molecule has 0 fully saturated rings. The van der Waals surface area contributed by atoms with Crippen LogP contribution in [0.1, 0.15) is 5.82 Å². The number of rotatable bonds is 1. The van der Waals surface area contributed by atoms with Crippen molar-refractivity contribution in [1.82, 2.24) is 14.5 Å². The molecule has 4 nitrogen and oxygen atoms in total. The van der Waals surface area contributed by atoms with Gasteiger partial charge in [-0.25, -0.2) is 4.98 Å². The molecule has 1 aliphatic heterocycles. The highest BCUT2D eigenvalue weighted by Gasteiger charge is 2.20. The molecule has 0 saturated carbocycles. The summed E-state index contributed by atoms with van der Waals surface area (Å²) in [7, 11) is 0. The van der Waals surface area contributed by atoms with Gasteiger partial charge in [-0.1, -0.05) is 0 Å². The number of hydrogen-bond acceptors (Lipinski definition) is 3. The second-order valence-corrected chi connectivity index (χ2v) is 5.56. The van der Waals surface area contributed by atoms with Crippen molar-refractivity contribution in [2.45, 2.75) is 13.1 Å². The van der Waals surface area contributed by atoms with Crippen LogP contribution in [0, 0.1) is 0 Å². The summed E-state index contributed by atoms with van der Waals surface area (Å²) in [6.07, 6.45) is 5.50. The SMILES string of the molecule is Brc1cnccc1N1CCn2c(Br)cnc2C1. The minimum absolute atomic E-state index is 0.828. The van der Waals surface area contributed by atoms with E-state index in [-0.39, 0.29) is 0 Å². The molecular formula is C11H10Br2N4. The van der Waals surface area contributed by atoms with Gasteiger partial charge in [0.2, 0.25) is 0 Å². The van der Waals surface area contributed by atoms with E-state index in [0.717, 1.165) is 34.5 Å². The van der Waals surface area contributed by atoms with Gasteiger partial charge in [-0.15, -0.1) is 0 Å². The molecule has 0 unspecified atom stereocenters. The Bertz CT molecular complexity index is 552. The summed E-state index contributed by atoms with van der Waals surface area (Å²) in [5.74, 6) is 1.09. The van der Waals surface area contributed by atoms with E-state index in [2.05, 4.69) is 51.3 Å². The minimum Gasteiger partial charge on any atom is -0.361 e. The maximum Gasteiger partial charge on any atom is 0.129 e. The van der Waals surface area contributed by atoms with Gasteiger partial charge < -0.3 is 9.47 Å². The Kier molecular flexibility index (Phi) is 2.92. The highest BCUT2D eigenvalue weighted by atomic mass is 79.9. The quantitative estimate of drug-likeness (QED) is 0.787. The Hall–Kier alpha value is -0.880. The largest absolute Gasteiger partial charge is 0.361 e. The number of hydrogen-bond donors (Lipinski definition) is 0. The van der Waals surface area contributed by atoms with Crippen LogP contribution in [0.4, 0.5) is 5.69 Å². The Balaban J connectivity index is 1.92. The minimum atomic E-state index is 0.828. The maximum absolute atomic E-state index is 4.41. The Morgan fingerprint density at radius 1 is 1.18 bits per heavy atom. The summed E-state index contributed by atoms with van der Waals surface area (Å²) in [4.78, 5) is 10.8. The first-order valence-corrected chi connectivity index (χ1v) is 6.88. The van der Waals surface area contributed by atoms with Gasteiger partial charge in [0.25, 0.3) is 0 Å². The third kappa shape index (κ3) is 1.99. The van der Waals surface area contributed by atoms with Crippen molar-refractivity contribution in [1.29, 1.82) is 0 Å². The zero-order valence-corrected chi connectivity index (χ0v) is 12.1. The van der Waals surface area contributed by atoms with Crippen molar-refractivity contribution in [3.8, 4) is 0 Å². The van der Waals surface area contributed by atoms with Crippen LogP contribution in [0.5, 0.6) is 0 Å². The number of halogens is 2. The first-order valence-electron chi connectivity index (χ1n) is 5.30. The lowest BCUT2D eigenvalue weighted by Gasteiger charge is -2.30. The average Bonchev–Trinajstić information content (AvgIpc) is 2.71. The van der Waals surface area contributed by atoms with Crippen molar-refractivity contribution < 1.29 is 0 Å². The summed E-state index contributed by atoms with van der Waals surface area (Å²) in [5, 5.41) is 0. The van der Waals surface area contributed by atoms with Crippen LogP contribution in [-0.4, -0.2) is 21.1 Å². The van der Waals surface area contributed by atoms with Gasteiger partial charge >= 0.3 is 0 Å². The molecule has 0 radical (unpaired) electrons. The number of imidazole rings is 1. The van der Waals surface area contributed by atoms with Crippen LogP contribution in [0.15, 0.2) is 33.7 Å². The summed E-state index contributed by atoms with van der Waals surface area (Å²) in [6.45, 7) is 2.75. The van der Waals surface area contributed by atoms with E-state index in [1.54, 1.807) is 0 Å². The lowest BCUT2D eigenvalue weighted by molar-refractivity contribution is 0.552. The zero-order chi connectivity index (χ0) is 11.8. The van der Waals surface area contributed by atoms with E-state index in [4.69, 9.17) is 0 Å². The fraction of sp³-hybridized carbons (Fsp3) is 0.273. The fourth-order valence-corrected chi connectivity index (χ4v) is 3.04. The Morgan fingerprint density at radius 3 is 2.88 bits per heavy atom. The van der Waals surface area contributed by atoms with Gasteiger partial charge in [-0.3, -0.25) is 4.98 Å². The average molecular weight is 358 g/mol. The molecule has 0 saturated heterocycles. The summed E-state index contributed by atoms with van der Waals surface area (Å²) >= 11 is 7.04. The summed E-state index contributed by atoms with van der Waals surface area (Å²) in [6, 6.07) is 2.03. The van der Waals surface area contributed by atoms with Crippen molar-refractivity contribution >= 4 is 37.5 Å². The molecule has 0 aliphatic carbocycles. The first-order chi connectivity index (χ1) is 8.25. The number of fused-ring (bicyclic) bond motifs is 1. The van der Waals surface area contributed by atoms with Gasteiger partial charge in [0.05, 0.1) is 22.9 Å². The molecule has 0 N–H and O–H groups in total. The van der Waals surface area contributed by atoms with Crippen molar-refractivity contribution in [3.63, 3.8) is 0 Å². The fourth-order valence-electron chi connectivity index (χ4n) is 2.05. The predicted octanol–water partition coefficient (Wildman–Crippen LogP) is 2.82. The summed E-state index contributed by atoms with van der Waals surface area (Å²) in [5.41, 5.74) is 1.17. The van der Waals surface area contributed by atoms with Crippen LogP contribution in [-0.2, 0) is 13.1 Å². The lowest BCUT2D eigenvalue weighted by atomic mass is 10.3. The monoisotopic (exact) mass is 356 g/mol. The van der Waals surface area contributed by atoms with Crippen LogP contribution in [0.2, 0.25) is 0 Å². The molecule has 0 atom stereocenters. The molecule has 88 valence electrons. The first kappa shape index (κ1) is 11.2. The third-order valence-corrected chi connectivity index (χ3v) is 4.15. The smallest absolute Gasteiger partial charge is 0.129 e. The molecule has 6 heteroatoms. The number of aromatic nitrogens is 3. The maximum atomic E-state index is 4.41. The number of nitrogens with zero attached hydrogens (tertiary/aromatic N) is 4. The zero-order valence-electron chi connectivity index (χ0n) is 8.98. The van der Waals surface area contributed by atoms with Crippen LogP contribution < -0.4 is 4.90 Å². The normalized spacial score (nSPS) is 14.8. The number of pyridine rings is 1. The summed E-state index contributed by atoms with van der Waals surface area (Å²) < 4.78 is 4.28. The molecule has 1 aliphatic rings. The molecule has 0 amide bonds. The van der Waals surface area contributed by atoms with Gasteiger partial charge in [0.1, 0.15) is 10.4 Å². The van der Waals surface area contributed by atoms with E-state index in [0.29, 0.717) is 0 Å².